The summed E-state index contributed by atoms with van der Waals surface area (Å²) in [6.45, 7) is 2.16. The Hall–Kier alpha value is -0.830. The third kappa shape index (κ3) is 7.53. The Bertz CT molecular complexity index is 166. The molecule has 0 aromatic heterocycles. The smallest absolute Gasteiger partial charge is 0.320 e. The van der Waals surface area contributed by atoms with Gasteiger partial charge in [0.25, 0.3) is 0 Å². The van der Waals surface area contributed by atoms with E-state index in [1.807, 2.05) is 12.2 Å². The van der Waals surface area contributed by atoms with Crippen molar-refractivity contribution in [3.63, 3.8) is 0 Å². The van der Waals surface area contributed by atoms with Gasteiger partial charge in [0.1, 0.15) is 6.04 Å². The van der Waals surface area contributed by atoms with Crippen molar-refractivity contribution in [3.8, 4) is 0 Å². The summed E-state index contributed by atoms with van der Waals surface area (Å²) in [4.78, 5) is 10.3. The monoisotopic (exact) mass is 185 g/mol. The van der Waals surface area contributed by atoms with E-state index in [1.165, 1.54) is 19.3 Å². The molecule has 0 aliphatic heterocycles. The number of carbonyl (C=O) groups is 1. The molecule has 0 saturated heterocycles. The Kier molecular flexibility index (Phi) is 7.30. The maximum Gasteiger partial charge on any atom is 0.320 e. The number of hydrogen-bond acceptors (Lipinski definition) is 2. The van der Waals surface area contributed by atoms with Gasteiger partial charge in [-0.25, -0.2) is 0 Å². The van der Waals surface area contributed by atoms with Gasteiger partial charge in [-0.3, -0.25) is 4.79 Å². The lowest BCUT2D eigenvalue weighted by atomic mass is 10.1. The number of unbranched alkanes of at least 4 members (excludes halogenated alkanes) is 3. The SMILES string of the molecule is CCCCCC=CCC(N)C(=O)O. The third-order valence-corrected chi connectivity index (χ3v) is 1.85. The van der Waals surface area contributed by atoms with Crippen molar-refractivity contribution in [2.45, 2.75) is 45.1 Å². The van der Waals surface area contributed by atoms with Crippen molar-refractivity contribution >= 4 is 5.97 Å². The van der Waals surface area contributed by atoms with E-state index in [9.17, 15) is 4.79 Å². The van der Waals surface area contributed by atoms with Gasteiger partial charge in [0.2, 0.25) is 0 Å². The summed E-state index contributed by atoms with van der Waals surface area (Å²) in [6.07, 6.45) is 8.95. The summed E-state index contributed by atoms with van der Waals surface area (Å²) in [5, 5.41) is 8.46. The predicted octanol–water partition coefficient (Wildman–Crippen LogP) is 1.92. The average Bonchev–Trinajstić information content (AvgIpc) is 2.10. The van der Waals surface area contributed by atoms with E-state index < -0.39 is 12.0 Å². The van der Waals surface area contributed by atoms with Crippen LogP contribution in [-0.4, -0.2) is 17.1 Å². The van der Waals surface area contributed by atoms with Gasteiger partial charge in [-0.2, -0.15) is 0 Å². The predicted molar refractivity (Wildman–Crippen MR) is 53.5 cm³/mol. The Balaban J connectivity index is 3.35. The van der Waals surface area contributed by atoms with Crippen LogP contribution in [0.15, 0.2) is 12.2 Å². The summed E-state index contributed by atoms with van der Waals surface area (Å²) in [6, 6.07) is -0.748. The summed E-state index contributed by atoms with van der Waals surface area (Å²) in [5.41, 5.74) is 5.31. The van der Waals surface area contributed by atoms with Gasteiger partial charge < -0.3 is 10.8 Å². The molecule has 0 amide bonds. The highest BCUT2D eigenvalue weighted by atomic mass is 16.4. The van der Waals surface area contributed by atoms with Gasteiger partial charge >= 0.3 is 5.97 Å². The maximum absolute atomic E-state index is 10.3. The van der Waals surface area contributed by atoms with Crippen LogP contribution in [0.25, 0.3) is 0 Å². The molecule has 0 rings (SSSR count). The lowest BCUT2D eigenvalue weighted by molar-refractivity contribution is -0.138. The first-order chi connectivity index (χ1) is 6.18. The number of carboxylic acid groups (broad SMARTS) is 1. The third-order valence-electron chi connectivity index (χ3n) is 1.85. The van der Waals surface area contributed by atoms with Gasteiger partial charge in [-0.05, 0) is 19.3 Å². The molecule has 0 aromatic rings. The molecule has 0 radical (unpaired) electrons. The molecule has 1 unspecified atom stereocenters. The highest BCUT2D eigenvalue weighted by molar-refractivity contribution is 5.73. The Labute approximate surface area is 79.6 Å². The Morgan fingerprint density at radius 2 is 2.15 bits per heavy atom. The molecule has 76 valence electrons. The molecule has 0 saturated carbocycles. The Morgan fingerprint density at radius 1 is 1.46 bits per heavy atom. The fourth-order valence-corrected chi connectivity index (χ4v) is 0.974. The van der Waals surface area contributed by atoms with Crippen molar-refractivity contribution < 1.29 is 9.90 Å². The summed E-state index contributed by atoms with van der Waals surface area (Å²) in [5.74, 6) is -0.932. The zero-order valence-electron chi connectivity index (χ0n) is 8.20. The molecule has 3 N–H and O–H groups in total. The summed E-state index contributed by atoms with van der Waals surface area (Å²) < 4.78 is 0. The van der Waals surface area contributed by atoms with E-state index >= 15 is 0 Å². The molecule has 0 aliphatic rings. The fourth-order valence-electron chi connectivity index (χ4n) is 0.974. The number of rotatable bonds is 7. The first-order valence-corrected chi connectivity index (χ1v) is 4.81. The van der Waals surface area contributed by atoms with E-state index in [0.717, 1.165) is 6.42 Å². The highest BCUT2D eigenvalue weighted by Gasteiger charge is 2.07. The van der Waals surface area contributed by atoms with E-state index in [-0.39, 0.29) is 0 Å². The van der Waals surface area contributed by atoms with Crippen molar-refractivity contribution in [2.75, 3.05) is 0 Å². The second kappa shape index (κ2) is 7.80. The van der Waals surface area contributed by atoms with Crippen LogP contribution in [0.2, 0.25) is 0 Å². The first kappa shape index (κ1) is 12.2. The van der Waals surface area contributed by atoms with Crippen LogP contribution in [0.3, 0.4) is 0 Å². The second-order valence-corrected chi connectivity index (χ2v) is 3.15. The molecule has 0 spiro atoms. The minimum absolute atomic E-state index is 0.432. The minimum Gasteiger partial charge on any atom is -0.480 e. The second-order valence-electron chi connectivity index (χ2n) is 3.15. The first-order valence-electron chi connectivity index (χ1n) is 4.81. The summed E-state index contributed by atoms with van der Waals surface area (Å²) >= 11 is 0. The molecular formula is C10H19NO2. The van der Waals surface area contributed by atoms with Crippen LogP contribution in [0.4, 0.5) is 0 Å². The van der Waals surface area contributed by atoms with Crippen LogP contribution >= 0.6 is 0 Å². The lowest BCUT2D eigenvalue weighted by Gasteiger charge is -2.00. The lowest BCUT2D eigenvalue weighted by Crippen LogP contribution is -2.29. The van der Waals surface area contributed by atoms with Gasteiger partial charge in [0, 0.05) is 0 Å². The van der Waals surface area contributed by atoms with Crippen LogP contribution in [0, 0.1) is 0 Å². The molecular weight excluding hydrogens is 166 g/mol. The molecule has 0 bridgehead atoms. The van der Waals surface area contributed by atoms with Crippen molar-refractivity contribution in [1.82, 2.24) is 0 Å². The maximum atomic E-state index is 10.3. The Morgan fingerprint density at radius 3 is 2.69 bits per heavy atom. The van der Waals surface area contributed by atoms with Crippen LogP contribution < -0.4 is 5.73 Å². The zero-order valence-corrected chi connectivity index (χ0v) is 8.20. The molecule has 0 fully saturated rings. The zero-order chi connectivity index (χ0) is 10.1. The van der Waals surface area contributed by atoms with Crippen LogP contribution in [0.1, 0.15) is 39.0 Å². The van der Waals surface area contributed by atoms with Crippen molar-refractivity contribution in [1.29, 1.82) is 0 Å². The van der Waals surface area contributed by atoms with Crippen LogP contribution in [-0.2, 0) is 4.79 Å². The van der Waals surface area contributed by atoms with E-state index in [0.29, 0.717) is 6.42 Å². The fraction of sp³-hybridized carbons (Fsp3) is 0.700. The van der Waals surface area contributed by atoms with Crippen molar-refractivity contribution in [3.05, 3.63) is 12.2 Å². The molecule has 0 aromatic carbocycles. The van der Waals surface area contributed by atoms with Gasteiger partial charge in [0.15, 0.2) is 0 Å². The minimum atomic E-state index is -0.932. The summed E-state index contributed by atoms with van der Waals surface area (Å²) in [7, 11) is 0. The van der Waals surface area contributed by atoms with Gasteiger partial charge in [-0.1, -0.05) is 31.9 Å². The van der Waals surface area contributed by atoms with E-state index in [1.54, 1.807) is 0 Å². The van der Waals surface area contributed by atoms with Gasteiger partial charge in [0.05, 0.1) is 0 Å². The van der Waals surface area contributed by atoms with E-state index in [4.69, 9.17) is 10.8 Å². The quantitative estimate of drug-likeness (QED) is 0.470. The number of nitrogens with two attached hydrogens (primary N) is 1. The number of carboxylic acids is 1. The molecule has 3 heteroatoms. The number of aliphatic carboxylic acids is 1. The average molecular weight is 185 g/mol. The number of hydrogen-bond donors (Lipinski definition) is 2. The topological polar surface area (TPSA) is 63.3 Å². The van der Waals surface area contributed by atoms with E-state index in [2.05, 4.69) is 6.92 Å². The molecule has 13 heavy (non-hydrogen) atoms. The normalized spacial score (nSPS) is 13.4. The van der Waals surface area contributed by atoms with Gasteiger partial charge in [-0.15, -0.1) is 0 Å². The van der Waals surface area contributed by atoms with Crippen LogP contribution in [0.5, 0.6) is 0 Å². The standard InChI is InChI=1S/C10H19NO2/c1-2-3-4-5-6-7-8-9(11)10(12)13/h6-7,9H,2-5,8,11H2,1H3,(H,12,13). The van der Waals surface area contributed by atoms with Crippen molar-refractivity contribution in [2.24, 2.45) is 5.73 Å². The molecule has 1 atom stereocenters. The molecule has 0 aliphatic carbocycles. The molecule has 3 nitrogen and oxygen atoms in total. The highest BCUT2D eigenvalue weighted by Crippen LogP contribution is 2.00. The molecule has 0 heterocycles. The number of allylic oxidation sites excluding steroid dienone is 1. The largest absolute Gasteiger partial charge is 0.480 e.